The van der Waals surface area contributed by atoms with Gasteiger partial charge in [0.1, 0.15) is 11.3 Å². The second-order valence-electron chi connectivity index (χ2n) is 3.62. The van der Waals surface area contributed by atoms with Crippen molar-refractivity contribution >= 4 is 5.97 Å². The third-order valence-electron chi connectivity index (χ3n) is 2.41. The number of aromatic nitrogens is 2. The van der Waals surface area contributed by atoms with Crippen molar-refractivity contribution < 1.29 is 14.4 Å². The molecule has 0 atom stereocenters. The van der Waals surface area contributed by atoms with Gasteiger partial charge in [-0.15, -0.1) is 0 Å². The summed E-state index contributed by atoms with van der Waals surface area (Å²) in [6.45, 7) is 1.96. The van der Waals surface area contributed by atoms with Gasteiger partial charge in [0.25, 0.3) is 0 Å². The van der Waals surface area contributed by atoms with Gasteiger partial charge in [-0.25, -0.2) is 4.79 Å². The van der Waals surface area contributed by atoms with Crippen LogP contribution < -0.4 is 0 Å². The lowest BCUT2D eigenvalue weighted by atomic mass is 10.1. The Morgan fingerprint density at radius 1 is 1.41 bits per heavy atom. The van der Waals surface area contributed by atoms with Crippen molar-refractivity contribution in [3.8, 4) is 11.3 Å². The van der Waals surface area contributed by atoms with Gasteiger partial charge in [-0.05, 0) is 18.6 Å². The number of nitrogens with zero attached hydrogens (tertiary/aromatic N) is 2. The molecule has 0 aliphatic heterocycles. The summed E-state index contributed by atoms with van der Waals surface area (Å²) in [6.07, 6.45) is 4.56. The highest BCUT2D eigenvalue weighted by Gasteiger charge is 2.22. The Labute approximate surface area is 98.1 Å². The maximum Gasteiger partial charge on any atom is 0.341 e. The van der Waals surface area contributed by atoms with Gasteiger partial charge in [0, 0.05) is 24.4 Å². The summed E-state index contributed by atoms with van der Waals surface area (Å²) < 4.78 is 5.10. The summed E-state index contributed by atoms with van der Waals surface area (Å²) in [5.74, 6) is -0.590. The van der Waals surface area contributed by atoms with Crippen molar-refractivity contribution in [2.24, 2.45) is 0 Å². The molecule has 0 bridgehead atoms. The van der Waals surface area contributed by atoms with Crippen molar-refractivity contribution in [1.29, 1.82) is 0 Å². The molecule has 0 aromatic carbocycles. The predicted octanol–water partition coefficient (Wildman–Crippen LogP) is 2.39. The van der Waals surface area contributed by atoms with Crippen LogP contribution in [0.25, 0.3) is 11.3 Å². The fraction of sp³-hybridized carbons (Fsp3) is 0.250. The highest BCUT2D eigenvalue weighted by molar-refractivity contribution is 5.95. The van der Waals surface area contributed by atoms with Gasteiger partial charge < -0.3 is 9.63 Å². The Bertz CT molecular complexity index is 520. The number of carboxylic acids is 1. The van der Waals surface area contributed by atoms with Gasteiger partial charge >= 0.3 is 5.97 Å². The first-order valence-corrected chi connectivity index (χ1v) is 5.36. The van der Waals surface area contributed by atoms with Crippen molar-refractivity contribution in [1.82, 2.24) is 10.1 Å². The second-order valence-corrected chi connectivity index (χ2v) is 3.62. The van der Waals surface area contributed by atoms with Crippen LogP contribution in [-0.4, -0.2) is 21.2 Å². The van der Waals surface area contributed by atoms with Crippen LogP contribution in [0.1, 0.15) is 29.5 Å². The van der Waals surface area contributed by atoms with E-state index in [-0.39, 0.29) is 5.56 Å². The van der Waals surface area contributed by atoms with Crippen LogP contribution >= 0.6 is 0 Å². The molecule has 2 rings (SSSR count). The maximum absolute atomic E-state index is 11.2. The number of hydrogen-bond donors (Lipinski definition) is 1. The summed E-state index contributed by atoms with van der Waals surface area (Å²) >= 11 is 0. The van der Waals surface area contributed by atoms with Crippen molar-refractivity contribution in [3.63, 3.8) is 0 Å². The molecule has 5 nitrogen and oxygen atoms in total. The van der Waals surface area contributed by atoms with Crippen LogP contribution in [0, 0.1) is 0 Å². The van der Waals surface area contributed by atoms with Crippen molar-refractivity contribution in [3.05, 3.63) is 35.9 Å². The molecule has 0 unspecified atom stereocenters. The highest BCUT2D eigenvalue weighted by atomic mass is 16.5. The lowest BCUT2D eigenvalue weighted by Gasteiger charge is -1.98. The number of hydrogen-bond acceptors (Lipinski definition) is 4. The number of carboxylic acid groups (broad SMARTS) is 1. The Morgan fingerprint density at radius 3 is 2.71 bits per heavy atom. The van der Waals surface area contributed by atoms with E-state index >= 15 is 0 Å². The van der Waals surface area contributed by atoms with Gasteiger partial charge in [0.2, 0.25) is 0 Å². The molecule has 0 saturated carbocycles. The zero-order valence-corrected chi connectivity index (χ0v) is 9.38. The third kappa shape index (κ3) is 2.18. The summed E-state index contributed by atoms with van der Waals surface area (Å²) in [6, 6.07) is 3.42. The number of pyridine rings is 1. The van der Waals surface area contributed by atoms with E-state index in [4.69, 9.17) is 4.52 Å². The molecule has 0 spiro atoms. The minimum Gasteiger partial charge on any atom is -0.477 e. The summed E-state index contributed by atoms with van der Waals surface area (Å²) in [5, 5.41) is 13.1. The van der Waals surface area contributed by atoms with Crippen LogP contribution in [0.2, 0.25) is 0 Å². The molecule has 0 aliphatic carbocycles. The van der Waals surface area contributed by atoms with E-state index in [0.29, 0.717) is 23.4 Å². The predicted molar refractivity (Wildman–Crippen MR) is 60.7 cm³/mol. The molecule has 17 heavy (non-hydrogen) atoms. The van der Waals surface area contributed by atoms with E-state index in [1.54, 1.807) is 24.5 Å². The Morgan fingerprint density at radius 2 is 2.12 bits per heavy atom. The Kier molecular flexibility index (Phi) is 3.18. The Hall–Kier alpha value is -2.17. The van der Waals surface area contributed by atoms with Crippen molar-refractivity contribution in [2.45, 2.75) is 19.8 Å². The van der Waals surface area contributed by atoms with Gasteiger partial charge in [0.05, 0.1) is 0 Å². The number of aryl methyl sites for hydroxylation is 1. The average molecular weight is 232 g/mol. The smallest absolute Gasteiger partial charge is 0.341 e. The Balaban J connectivity index is 2.52. The lowest BCUT2D eigenvalue weighted by Crippen LogP contribution is -2.01. The molecule has 2 heterocycles. The van der Waals surface area contributed by atoms with Crippen LogP contribution in [0.4, 0.5) is 0 Å². The van der Waals surface area contributed by atoms with Crippen molar-refractivity contribution in [2.75, 3.05) is 0 Å². The fourth-order valence-electron chi connectivity index (χ4n) is 1.65. The minimum absolute atomic E-state index is 0.151. The number of carbonyl (C=O) groups is 1. The van der Waals surface area contributed by atoms with E-state index < -0.39 is 5.97 Å². The topological polar surface area (TPSA) is 76.2 Å². The zero-order valence-electron chi connectivity index (χ0n) is 9.38. The van der Waals surface area contributed by atoms with Crippen LogP contribution in [-0.2, 0) is 6.42 Å². The molecule has 88 valence electrons. The molecule has 2 aromatic rings. The van der Waals surface area contributed by atoms with E-state index in [1.807, 2.05) is 6.92 Å². The second kappa shape index (κ2) is 4.78. The van der Waals surface area contributed by atoms with E-state index in [9.17, 15) is 9.90 Å². The normalized spacial score (nSPS) is 10.4. The molecular formula is C12H12N2O3. The molecule has 0 radical (unpaired) electrons. The minimum atomic E-state index is -1.01. The van der Waals surface area contributed by atoms with Crippen LogP contribution in [0.15, 0.2) is 29.0 Å². The first-order chi connectivity index (χ1) is 8.24. The zero-order chi connectivity index (χ0) is 12.3. The van der Waals surface area contributed by atoms with Gasteiger partial charge in [-0.1, -0.05) is 12.1 Å². The standard InChI is InChI=1S/C12H12N2O3/c1-2-3-9-10(12(15)16)11(14-17-9)8-4-6-13-7-5-8/h4-7H,2-3H2,1H3,(H,15,16). The molecule has 0 amide bonds. The lowest BCUT2D eigenvalue weighted by molar-refractivity contribution is 0.0695. The molecule has 0 aliphatic rings. The first-order valence-electron chi connectivity index (χ1n) is 5.36. The molecule has 2 aromatic heterocycles. The van der Waals surface area contributed by atoms with E-state index in [1.165, 1.54) is 0 Å². The fourth-order valence-corrected chi connectivity index (χ4v) is 1.65. The van der Waals surface area contributed by atoms with Crippen LogP contribution in [0.5, 0.6) is 0 Å². The SMILES string of the molecule is CCCc1onc(-c2ccncc2)c1C(=O)O. The number of rotatable bonds is 4. The van der Waals surface area contributed by atoms with Gasteiger partial charge in [0.15, 0.2) is 5.76 Å². The van der Waals surface area contributed by atoms with Gasteiger partial charge in [-0.3, -0.25) is 4.98 Å². The van der Waals surface area contributed by atoms with E-state index in [0.717, 1.165) is 6.42 Å². The monoisotopic (exact) mass is 232 g/mol. The number of aromatic carboxylic acids is 1. The maximum atomic E-state index is 11.2. The van der Waals surface area contributed by atoms with E-state index in [2.05, 4.69) is 10.1 Å². The highest BCUT2D eigenvalue weighted by Crippen LogP contribution is 2.25. The molecule has 0 saturated heterocycles. The van der Waals surface area contributed by atoms with Gasteiger partial charge in [-0.2, -0.15) is 0 Å². The molecular weight excluding hydrogens is 220 g/mol. The molecule has 5 heteroatoms. The quantitative estimate of drug-likeness (QED) is 0.875. The van der Waals surface area contributed by atoms with Crippen LogP contribution in [0.3, 0.4) is 0 Å². The third-order valence-corrected chi connectivity index (χ3v) is 2.41. The average Bonchev–Trinajstić information content (AvgIpc) is 2.74. The largest absolute Gasteiger partial charge is 0.477 e. The summed E-state index contributed by atoms with van der Waals surface area (Å²) in [4.78, 5) is 15.1. The summed E-state index contributed by atoms with van der Waals surface area (Å²) in [7, 11) is 0. The molecule has 1 N–H and O–H groups in total. The summed E-state index contributed by atoms with van der Waals surface area (Å²) in [5.41, 5.74) is 1.21. The molecule has 0 fully saturated rings. The first kappa shape index (κ1) is 11.3.